The molecule has 0 spiro atoms. The number of nitrogens with two attached hydrogens (primary N) is 1. The molecule has 6 heteroatoms. The second-order valence-electron chi connectivity index (χ2n) is 3.79. The van der Waals surface area contributed by atoms with E-state index in [1.165, 1.54) is 0 Å². The van der Waals surface area contributed by atoms with Gasteiger partial charge in [0, 0.05) is 19.6 Å². The molecule has 6 nitrogen and oxygen atoms in total. The highest BCUT2D eigenvalue weighted by Crippen LogP contribution is 2.09. The van der Waals surface area contributed by atoms with Gasteiger partial charge < -0.3 is 15.8 Å². The van der Waals surface area contributed by atoms with Crippen LogP contribution in [-0.2, 0) is 14.3 Å². The van der Waals surface area contributed by atoms with Crippen LogP contribution in [-0.4, -0.2) is 55.1 Å². The predicted octanol–water partition coefficient (Wildman–Crippen LogP) is -1.30. The van der Waals surface area contributed by atoms with Gasteiger partial charge in [-0.15, -0.1) is 0 Å². The van der Waals surface area contributed by atoms with Gasteiger partial charge in [-0.1, -0.05) is 0 Å². The van der Waals surface area contributed by atoms with Crippen LogP contribution in [0.1, 0.15) is 13.8 Å². The molecule has 16 heavy (non-hydrogen) atoms. The van der Waals surface area contributed by atoms with E-state index in [1.807, 2.05) is 0 Å². The summed E-state index contributed by atoms with van der Waals surface area (Å²) in [6.07, 6.45) is 0. The Labute approximate surface area is 95.1 Å². The minimum Gasteiger partial charge on any atom is -0.465 e. The molecule has 1 saturated heterocycles. The van der Waals surface area contributed by atoms with Gasteiger partial charge in [-0.05, 0) is 13.8 Å². The topological polar surface area (TPSA) is 84.7 Å². The lowest BCUT2D eigenvalue weighted by molar-refractivity contribution is -0.151. The fourth-order valence-corrected chi connectivity index (χ4v) is 1.85. The maximum atomic E-state index is 11.6. The van der Waals surface area contributed by atoms with Gasteiger partial charge in [0.15, 0.2) is 0 Å². The first kappa shape index (κ1) is 12.9. The van der Waals surface area contributed by atoms with E-state index in [1.54, 1.807) is 18.7 Å². The summed E-state index contributed by atoms with van der Waals surface area (Å²) in [5.41, 5.74) is 5.30. The highest BCUT2D eigenvalue weighted by molar-refractivity contribution is 5.82. The quantitative estimate of drug-likeness (QED) is 0.585. The molecule has 0 bridgehead atoms. The van der Waals surface area contributed by atoms with E-state index >= 15 is 0 Å². The zero-order chi connectivity index (χ0) is 12.1. The van der Waals surface area contributed by atoms with Crippen molar-refractivity contribution >= 4 is 11.9 Å². The number of hydrogen-bond acceptors (Lipinski definition) is 5. The monoisotopic (exact) mass is 229 g/mol. The highest BCUT2D eigenvalue weighted by Gasteiger charge is 2.33. The maximum absolute atomic E-state index is 11.6. The van der Waals surface area contributed by atoms with Crippen molar-refractivity contribution < 1.29 is 14.3 Å². The first-order valence-corrected chi connectivity index (χ1v) is 5.50. The summed E-state index contributed by atoms with van der Waals surface area (Å²) in [6, 6.07) is -0.868. The molecule has 0 saturated carbocycles. The van der Waals surface area contributed by atoms with Crippen LogP contribution in [0, 0.1) is 0 Å². The molecule has 1 aliphatic rings. The van der Waals surface area contributed by atoms with Gasteiger partial charge in [-0.25, -0.2) is 0 Å². The van der Waals surface area contributed by atoms with Gasteiger partial charge in [0.1, 0.15) is 12.1 Å². The Morgan fingerprint density at radius 2 is 2.31 bits per heavy atom. The third-order valence-electron chi connectivity index (χ3n) is 2.74. The Bertz CT molecular complexity index is 270. The van der Waals surface area contributed by atoms with Crippen molar-refractivity contribution in [1.82, 2.24) is 10.2 Å². The summed E-state index contributed by atoms with van der Waals surface area (Å²) in [5.74, 6) is -0.723. The van der Waals surface area contributed by atoms with Crippen molar-refractivity contribution in [2.24, 2.45) is 5.73 Å². The van der Waals surface area contributed by atoms with E-state index in [4.69, 9.17) is 10.5 Å². The van der Waals surface area contributed by atoms with E-state index in [9.17, 15) is 9.59 Å². The molecule has 0 aromatic carbocycles. The van der Waals surface area contributed by atoms with Crippen LogP contribution in [0.3, 0.4) is 0 Å². The van der Waals surface area contributed by atoms with Crippen molar-refractivity contribution in [2.45, 2.75) is 25.9 Å². The fourth-order valence-electron chi connectivity index (χ4n) is 1.85. The Balaban J connectivity index is 2.67. The van der Waals surface area contributed by atoms with Gasteiger partial charge in [0.2, 0.25) is 5.91 Å². The average Bonchev–Trinajstić information content (AvgIpc) is 2.28. The molecule has 0 radical (unpaired) electrons. The van der Waals surface area contributed by atoms with E-state index < -0.39 is 18.0 Å². The van der Waals surface area contributed by atoms with Crippen LogP contribution < -0.4 is 11.1 Å². The van der Waals surface area contributed by atoms with E-state index in [0.717, 1.165) is 6.54 Å². The number of esters is 1. The molecule has 0 aliphatic carbocycles. The number of ether oxygens (including phenoxy) is 1. The van der Waals surface area contributed by atoms with Crippen LogP contribution in [0.15, 0.2) is 0 Å². The molecule has 92 valence electrons. The zero-order valence-corrected chi connectivity index (χ0v) is 9.73. The van der Waals surface area contributed by atoms with Crippen LogP contribution >= 0.6 is 0 Å². The van der Waals surface area contributed by atoms with Gasteiger partial charge in [0.05, 0.1) is 6.61 Å². The number of primary amides is 1. The molecule has 2 unspecified atom stereocenters. The number of nitrogens with zero attached hydrogens (tertiary/aromatic N) is 1. The SMILES string of the molecule is CCOC(=O)C(C)N1CCNCC1C(N)=O. The fraction of sp³-hybridized carbons (Fsp3) is 0.800. The molecule has 1 aliphatic heterocycles. The minimum absolute atomic E-state index is 0.310. The molecule has 1 fully saturated rings. The van der Waals surface area contributed by atoms with Crippen molar-refractivity contribution in [3.8, 4) is 0 Å². The maximum Gasteiger partial charge on any atom is 0.323 e. The summed E-state index contributed by atoms with van der Waals surface area (Å²) in [4.78, 5) is 24.6. The number of hydrogen-bond donors (Lipinski definition) is 2. The third-order valence-corrected chi connectivity index (χ3v) is 2.74. The lowest BCUT2D eigenvalue weighted by atomic mass is 10.1. The number of carbonyl (C=O) groups excluding carboxylic acids is 2. The Hall–Kier alpha value is -1.14. The number of nitrogens with one attached hydrogen (secondary N) is 1. The zero-order valence-electron chi connectivity index (χ0n) is 9.73. The summed E-state index contributed by atoms with van der Waals surface area (Å²) < 4.78 is 4.93. The third kappa shape index (κ3) is 2.93. The Kier molecular flexibility index (Phi) is 4.70. The molecule has 1 amide bonds. The Morgan fingerprint density at radius 1 is 1.62 bits per heavy atom. The first-order valence-electron chi connectivity index (χ1n) is 5.50. The van der Waals surface area contributed by atoms with Crippen molar-refractivity contribution in [3.63, 3.8) is 0 Å². The number of carbonyl (C=O) groups is 2. The number of piperazine rings is 1. The van der Waals surface area contributed by atoms with Gasteiger partial charge >= 0.3 is 5.97 Å². The van der Waals surface area contributed by atoms with E-state index in [0.29, 0.717) is 19.7 Å². The molecule has 1 rings (SSSR count). The second kappa shape index (κ2) is 5.81. The molecule has 1 heterocycles. The summed E-state index contributed by atoms with van der Waals surface area (Å²) in [7, 11) is 0. The molecular formula is C10H19N3O3. The van der Waals surface area contributed by atoms with Crippen LogP contribution in [0.5, 0.6) is 0 Å². The van der Waals surface area contributed by atoms with Gasteiger partial charge in [0.25, 0.3) is 0 Å². The van der Waals surface area contributed by atoms with Gasteiger partial charge in [-0.3, -0.25) is 14.5 Å². The van der Waals surface area contributed by atoms with E-state index in [-0.39, 0.29) is 5.97 Å². The van der Waals surface area contributed by atoms with Crippen LogP contribution in [0.4, 0.5) is 0 Å². The molecule has 2 atom stereocenters. The van der Waals surface area contributed by atoms with Crippen molar-refractivity contribution in [2.75, 3.05) is 26.2 Å². The summed E-state index contributed by atoms with van der Waals surface area (Å²) >= 11 is 0. The Morgan fingerprint density at radius 3 is 2.88 bits per heavy atom. The highest BCUT2D eigenvalue weighted by atomic mass is 16.5. The lowest BCUT2D eigenvalue weighted by Crippen LogP contribution is -2.61. The first-order chi connectivity index (χ1) is 7.57. The summed E-state index contributed by atoms with van der Waals surface area (Å²) in [5, 5.41) is 3.08. The molecule has 0 aromatic heterocycles. The lowest BCUT2D eigenvalue weighted by Gasteiger charge is -2.37. The predicted molar refractivity (Wildman–Crippen MR) is 58.7 cm³/mol. The van der Waals surface area contributed by atoms with Crippen molar-refractivity contribution in [1.29, 1.82) is 0 Å². The standard InChI is InChI=1S/C10H19N3O3/c1-3-16-10(15)7(2)13-5-4-12-6-8(13)9(11)14/h7-8,12H,3-6H2,1-2H3,(H2,11,14). The van der Waals surface area contributed by atoms with Crippen LogP contribution in [0.25, 0.3) is 0 Å². The van der Waals surface area contributed by atoms with Crippen LogP contribution in [0.2, 0.25) is 0 Å². The second-order valence-corrected chi connectivity index (χ2v) is 3.79. The largest absolute Gasteiger partial charge is 0.465 e. The minimum atomic E-state index is -0.437. The molecular weight excluding hydrogens is 210 g/mol. The average molecular weight is 229 g/mol. The van der Waals surface area contributed by atoms with Gasteiger partial charge in [-0.2, -0.15) is 0 Å². The summed E-state index contributed by atoms with van der Waals surface area (Å²) in [6.45, 7) is 5.68. The molecule has 3 N–H and O–H groups in total. The van der Waals surface area contributed by atoms with Crippen molar-refractivity contribution in [3.05, 3.63) is 0 Å². The molecule has 0 aromatic rings. The number of rotatable bonds is 4. The number of amides is 1. The smallest absolute Gasteiger partial charge is 0.323 e. The normalized spacial score (nSPS) is 23.8. The van der Waals surface area contributed by atoms with E-state index in [2.05, 4.69) is 5.32 Å².